The van der Waals surface area contributed by atoms with Crippen molar-refractivity contribution < 1.29 is 14.3 Å². The molecule has 0 spiro atoms. The monoisotopic (exact) mass is 206 g/mol. The number of esters is 1. The summed E-state index contributed by atoms with van der Waals surface area (Å²) in [6, 6.07) is 0. The van der Waals surface area contributed by atoms with Crippen LogP contribution in [0.3, 0.4) is 0 Å². The summed E-state index contributed by atoms with van der Waals surface area (Å²) in [5, 5.41) is -0.0917. The number of ether oxygens (including phenoxy) is 2. The summed E-state index contributed by atoms with van der Waals surface area (Å²) < 4.78 is 9.95. The van der Waals surface area contributed by atoms with Gasteiger partial charge in [-0.15, -0.1) is 11.6 Å². The number of alkyl halides is 1. The van der Waals surface area contributed by atoms with Gasteiger partial charge in [0.05, 0.1) is 12.0 Å². The van der Waals surface area contributed by atoms with Crippen molar-refractivity contribution in [3.8, 4) is 0 Å². The molecule has 0 bridgehead atoms. The summed E-state index contributed by atoms with van der Waals surface area (Å²) in [6.45, 7) is 8.82. The van der Waals surface area contributed by atoms with Gasteiger partial charge in [0.25, 0.3) is 0 Å². The van der Waals surface area contributed by atoms with Crippen LogP contribution in [0.2, 0.25) is 0 Å². The van der Waals surface area contributed by atoms with E-state index in [0.717, 1.165) is 0 Å². The molecular weight excluding hydrogens is 192 g/mol. The van der Waals surface area contributed by atoms with Gasteiger partial charge >= 0.3 is 5.97 Å². The first-order valence-electron chi connectivity index (χ1n) is 4.05. The predicted octanol–water partition coefficient (Wildman–Crippen LogP) is 2.10. The minimum absolute atomic E-state index is 0.0917. The van der Waals surface area contributed by atoms with Crippen molar-refractivity contribution in [3.05, 3.63) is 12.2 Å². The van der Waals surface area contributed by atoms with Crippen molar-refractivity contribution >= 4 is 17.6 Å². The maximum Gasteiger partial charge on any atom is 0.335 e. The summed E-state index contributed by atoms with van der Waals surface area (Å²) >= 11 is 5.64. The molecular formula is C9H15ClO3. The number of carbonyl (C=O) groups excluding carboxylic acids is 1. The third kappa shape index (κ3) is 6.61. The molecule has 0 aromatic carbocycles. The molecule has 2 unspecified atom stereocenters. The van der Waals surface area contributed by atoms with Crippen LogP contribution in [-0.2, 0) is 14.3 Å². The summed E-state index contributed by atoms with van der Waals surface area (Å²) in [5.41, 5.74) is 0.356. The SMILES string of the molecule is C=C(C)C(=O)OC(C)OCC(C)Cl. The second-order valence-electron chi connectivity index (χ2n) is 2.87. The van der Waals surface area contributed by atoms with Crippen LogP contribution in [0.1, 0.15) is 20.8 Å². The molecule has 0 saturated carbocycles. The lowest BCUT2D eigenvalue weighted by Crippen LogP contribution is -2.21. The van der Waals surface area contributed by atoms with Crippen molar-refractivity contribution in [2.45, 2.75) is 32.4 Å². The quantitative estimate of drug-likeness (QED) is 0.299. The number of hydrogen-bond acceptors (Lipinski definition) is 3. The molecule has 0 aliphatic carbocycles. The van der Waals surface area contributed by atoms with Crippen LogP contribution in [0.5, 0.6) is 0 Å². The first kappa shape index (κ1) is 12.5. The van der Waals surface area contributed by atoms with Gasteiger partial charge in [0, 0.05) is 5.57 Å². The molecule has 76 valence electrons. The molecule has 2 atom stereocenters. The first-order chi connectivity index (χ1) is 5.93. The number of rotatable bonds is 5. The lowest BCUT2D eigenvalue weighted by molar-refractivity contribution is -0.169. The largest absolute Gasteiger partial charge is 0.433 e. The zero-order chi connectivity index (χ0) is 10.4. The van der Waals surface area contributed by atoms with E-state index < -0.39 is 12.3 Å². The molecule has 0 saturated heterocycles. The highest BCUT2D eigenvalue weighted by atomic mass is 35.5. The Morgan fingerprint density at radius 1 is 1.54 bits per heavy atom. The fourth-order valence-corrected chi connectivity index (χ4v) is 0.626. The average Bonchev–Trinajstić information content (AvgIpc) is 2.00. The van der Waals surface area contributed by atoms with Crippen LogP contribution in [0.15, 0.2) is 12.2 Å². The molecule has 13 heavy (non-hydrogen) atoms. The van der Waals surface area contributed by atoms with Gasteiger partial charge < -0.3 is 9.47 Å². The minimum Gasteiger partial charge on any atom is -0.433 e. The second-order valence-corrected chi connectivity index (χ2v) is 3.61. The van der Waals surface area contributed by atoms with Gasteiger partial charge in [0.2, 0.25) is 6.29 Å². The highest BCUT2D eigenvalue weighted by molar-refractivity contribution is 6.20. The van der Waals surface area contributed by atoms with Crippen molar-refractivity contribution in [2.75, 3.05) is 6.61 Å². The maximum atomic E-state index is 11.0. The summed E-state index contributed by atoms with van der Waals surface area (Å²) in [6.07, 6.45) is -0.578. The van der Waals surface area contributed by atoms with Crippen molar-refractivity contribution in [1.82, 2.24) is 0 Å². The van der Waals surface area contributed by atoms with Gasteiger partial charge in [-0.25, -0.2) is 4.79 Å². The topological polar surface area (TPSA) is 35.5 Å². The number of halogens is 1. The normalized spacial score (nSPS) is 14.8. The van der Waals surface area contributed by atoms with Crippen molar-refractivity contribution in [3.63, 3.8) is 0 Å². The van der Waals surface area contributed by atoms with Crippen LogP contribution in [0.4, 0.5) is 0 Å². The molecule has 0 aliphatic rings. The third-order valence-electron chi connectivity index (χ3n) is 1.18. The number of carbonyl (C=O) groups is 1. The molecule has 0 rings (SSSR count). The van der Waals surface area contributed by atoms with E-state index in [4.69, 9.17) is 21.1 Å². The Kier molecular flexibility index (Phi) is 5.75. The summed E-state index contributed by atoms with van der Waals surface area (Å²) in [5.74, 6) is -0.449. The molecule has 0 radical (unpaired) electrons. The van der Waals surface area contributed by atoms with Crippen molar-refractivity contribution in [1.29, 1.82) is 0 Å². The van der Waals surface area contributed by atoms with Gasteiger partial charge in [-0.1, -0.05) is 6.58 Å². The third-order valence-corrected chi connectivity index (χ3v) is 1.31. The molecule has 0 fully saturated rings. The highest BCUT2D eigenvalue weighted by Gasteiger charge is 2.10. The van der Waals surface area contributed by atoms with E-state index in [0.29, 0.717) is 12.2 Å². The summed E-state index contributed by atoms with van der Waals surface area (Å²) in [7, 11) is 0. The highest BCUT2D eigenvalue weighted by Crippen LogP contribution is 2.02. The fraction of sp³-hybridized carbons (Fsp3) is 0.667. The Labute approximate surface area is 83.7 Å². The van der Waals surface area contributed by atoms with Gasteiger partial charge in [0.1, 0.15) is 0 Å². The molecule has 0 aliphatic heterocycles. The van der Waals surface area contributed by atoms with Gasteiger partial charge in [0.15, 0.2) is 0 Å². The van der Waals surface area contributed by atoms with Gasteiger partial charge in [-0.3, -0.25) is 0 Å². The van der Waals surface area contributed by atoms with Crippen LogP contribution >= 0.6 is 11.6 Å². The average molecular weight is 207 g/mol. The fourth-order valence-electron chi connectivity index (χ4n) is 0.553. The smallest absolute Gasteiger partial charge is 0.335 e. The lowest BCUT2D eigenvalue weighted by Gasteiger charge is -2.14. The van der Waals surface area contributed by atoms with Gasteiger partial charge in [-0.05, 0) is 20.8 Å². The second kappa shape index (κ2) is 6.00. The first-order valence-corrected chi connectivity index (χ1v) is 4.49. The van der Waals surface area contributed by atoms with Crippen LogP contribution in [0, 0.1) is 0 Å². The van der Waals surface area contributed by atoms with E-state index in [9.17, 15) is 4.79 Å². The van der Waals surface area contributed by atoms with Crippen LogP contribution in [0.25, 0.3) is 0 Å². The predicted molar refractivity (Wildman–Crippen MR) is 51.6 cm³/mol. The standard InChI is InChI=1S/C9H15ClO3/c1-6(2)9(11)13-8(4)12-5-7(3)10/h7-8H,1,5H2,2-4H3. The molecule has 4 heteroatoms. The molecule has 0 N–H and O–H groups in total. The lowest BCUT2D eigenvalue weighted by atomic mass is 10.4. The van der Waals surface area contributed by atoms with E-state index in [1.165, 1.54) is 0 Å². The zero-order valence-electron chi connectivity index (χ0n) is 8.17. The molecule has 0 amide bonds. The van der Waals surface area contributed by atoms with E-state index in [2.05, 4.69) is 6.58 Å². The van der Waals surface area contributed by atoms with E-state index >= 15 is 0 Å². The molecule has 0 aromatic heterocycles. The Hall–Kier alpha value is -0.540. The Morgan fingerprint density at radius 3 is 2.46 bits per heavy atom. The maximum absolute atomic E-state index is 11.0. The molecule has 0 aromatic rings. The zero-order valence-corrected chi connectivity index (χ0v) is 8.93. The minimum atomic E-state index is -0.578. The Morgan fingerprint density at radius 2 is 2.08 bits per heavy atom. The van der Waals surface area contributed by atoms with E-state index in [-0.39, 0.29) is 5.38 Å². The van der Waals surface area contributed by atoms with E-state index in [1.807, 2.05) is 0 Å². The number of hydrogen-bond donors (Lipinski definition) is 0. The van der Waals surface area contributed by atoms with Gasteiger partial charge in [-0.2, -0.15) is 0 Å². The van der Waals surface area contributed by atoms with E-state index in [1.54, 1.807) is 20.8 Å². The van der Waals surface area contributed by atoms with Crippen LogP contribution < -0.4 is 0 Å². The summed E-state index contributed by atoms with van der Waals surface area (Å²) in [4.78, 5) is 11.0. The van der Waals surface area contributed by atoms with Crippen LogP contribution in [-0.4, -0.2) is 24.2 Å². The van der Waals surface area contributed by atoms with Crippen molar-refractivity contribution in [2.24, 2.45) is 0 Å². The Balaban J connectivity index is 3.68. The Bertz CT molecular complexity index is 189. The molecule has 3 nitrogen and oxygen atoms in total. The molecule has 0 heterocycles.